The monoisotopic (exact) mass is 307 g/mol. The van der Waals surface area contributed by atoms with Gasteiger partial charge >= 0.3 is 12.0 Å². The first-order chi connectivity index (χ1) is 10.3. The van der Waals surface area contributed by atoms with Gasteiger partial charge in [0.2, 0.25) is 5.91 Å². The Bertz CT molecular complexity index is 542. The van der Waals surface area contributed by atoms with Gasteiger partial charge in [-0.15, -0.1) is 0 Å². The van der Waals surface area contributed by atoms with Crippen LogP contribution in [-0.4, -0.2) is 41.5 Å². The first-order valence-electron chi connectivity index (χ1n) is 6.98. The number of aliphatic carboxylic acids is 1. The van der Waals surface area contributed by atoms with Crippen LogP contribution in [0.4, 0.5) is 16.2 Å². The average molecular weight is 307 g/mol. The lowest BCUT2D eigenvalue weighted by Crippen LogP contribution is -2.36. The van der Waals surface area contributed by atoms with Crippen molar-refractivity contribution < 1.29 is 19.5 Å². The van der Waals surface area contributed by atoms with Crippen LogP contribution in [0.1, 0.15) is 20.3 Å². The number of hydrogen-bond acceptors (Lipinski definition) is 3. The Hall–Kier alpha value is -2.57. The highest BCUT2D eigenvalue weighted by Gasteiger charge is 2.17. The molecule has 0 aliphatic carbocycles. The van der Waals surface area contributed by atoms with Gasteiger partial charge in [0.15, 0.2) is 0 Å². The summed E-state index contributed by atoms with van der Waals surface area (Å²) in [5.74, 6) is -1.67. The Labute approximate surface area is 129 Å². The van der Waals surface area contributed by atoms with Gasteiger partial charge in [-0.1, -0.05) is 13.8 Å². The van der Waals surface area contributed by atoms with E-state index in [-0.39, 0.29) is 12.5 Å². The number of carbonyl (C=O) groups excluding carboxylic acids is 2. The van der Waals surface area contributed by atoms with E-state index in [1.54, 1.807) is 31.2 Å². The van der Waals surface area contributed by atoms with Crippen LogP contribution in [0.5, 0.6) is 0 Å². The van der Waals surface area contributed by atoms with E-state index >= 15 is 0 Å². The van der Waals surface area contributed by atoms with Crippen LogP contribution in [0.25, 0.3) is 0 Å². The maximum absolute atomic E-state index is 11.9. The zero-order valence-corrected chi connectivity index (χ0v) is 12.9. The summed E-state index contributed by atoms with van der Waals surface area (Å²) in [6.07, 6.45) is 0.394. The fourth-order valence-corrected chi connectivity index (χ4v) is 1.68. The van der Waals surface area contributed by atoms with Crippen LogP contribution in [-0.2, 0) is 9.59 Å². The lowest BCUT2D eigenvalue weighted by Gasteiger charge is -2.20. The molecule has 1 atom stereocenters. The Morgan fingerprint density at radius 2 is 1.64 bits per heavy atom. The van der Waals surface area contributed by atoms with Crippen molar-refractivity contribution in [1.82, 2.24) is 4.90 Å². The highest BCUT2D eigenvalue weighted by Crippen LogP contribution is 2.14. The predicted molar refractivity (Wildman–Crippen MR) is 83.8 cm³/mol. The second kappa shape index (κ2) is 8.02. The minimum atomic E-state index is -0.948. The fourth-order valence-electron chi connectivity index (χ4n) is 1.68. The third kappa shape index (κ3) is 5.43. The highest BCUT2D eigenvalue weighted by molar-refractivity contribution is 5.92. The van der Waals surface area contributed by atoms with Crippen molar-refractivity contribution in [2.75, 3.05) is 24.2 Å². The van der Waals surface area contributed by atoms with E-state index in [2.05, 4.69) is 10.6 Å². The SMILES string of the molecule is CCC(=O)Nc1ccc(NC(=O)N(C)CC(C)C(=O)O)cc1. The molecule has 1 rings (SSSR count). The molecule has 1 unspecified atom stereocenters. The summed E-state index contributed by atoms with van der Waals surface area (Å²) in [5.41, 5.74) is 1.21. The summed E-state index contributed by atoms with van der Waals surface area (Å²) in [6, 6.07) is 6.31. The minimum absolute atomic E-state index is 0.0841. The number of hydrogen-bond donors (Lipinski definition) is 3. The van der Waals surface area contributed by atoms with Crippen molar-refractivity contribution in [3.05, 3.63) is 24.3 Å². The number of urea groups is 1. The summed E-state index contributed by atoms with van der Waals surface area (Å²) in [7, 11) is 1.53. The quantitative estimate of drug-likeness (QED) is 0.750. The molecule has 0 aliphatic heterocycles. The van der Waals surface area contributed by atoms with Crippen molar-refractivity contribution in [1.29, 1.82) is 0 Å². The van der Waals surface area contributed by atoms with Crippen LogP contribution in [0.15, 0.2) is 24.3 Å². The number of nitrogens with zero attached hydrogens (tertiary/aromatic N) is 1. The van der Waals surface area contributed by atoms with Gasteiger partial charge in [0.25, 0.3) is 0 Å². The maximum atomic E-state index is 11.9. The van der Waals surface area contributed by atoms with E-state index in [9.17, 15) is 14.4 Å². The van der Waals surface area contributed by atoms with Gasteiger partial charge in [0.05, 0.1) is 5.92 Å². The number of amides is 3. The number of carboxylic acid groups (broad SMARTS) is 1. The van der Waals surface area contributed by atoms with E-state index in [0.717, 1.165) is 0 Å². The molecular formula is C15H21N3O4. The number of rotatable bonds is 6. The molecular weight excluding hydrogens is 286 g/mol. The topological polar surface area (TPSA) is 98.7 Å². The second-order valence-corrected chi connectivity index (χ2v) is 5.03. The molecule has 1 aromatic rings. The van der Waals surface area contributed by atoms with E-state index in [1.165, 1.54) is 18.9 Å². The predicted octanol–water partition coefficient (Wildman–Crippen LogP) is 2.22. The molecule has 1 aromatic carbocycles. The molecule has 7 nitrogen and oxygen atoms in total. The zero-order chi connectivity index (χ0) is 16.7. The van der Waals surface area contributed by atoms with Crippen LogP contribution >= 0.6 is 0 Å². The minimum Gasteiger partial charge on any atom is -0.481 e. The van der Waals surface area contributed by atoms with E-state index in [4.69, 9.17) is 5.11 Å². The number of carboxylic acids is 1. The van der Waals surface area contributed by atoms with Gasteiger partial charge in [0.1, 0.15) is 0 Å². The Morgan fingerprint density at radius 3 is 2.09 bits per heavy atom. The molecule has 0 aliphatic rings. The number of nitrogens with one attached hydrogen (secondary N) is 2. The number of anilines is 2. The standard InChI is InChI=1S/C15H21N3O4/c1-4-13(19)16-11-5-7-12(8-6-11)17-15(22)18(3)9-10(2)14(20)21/h5-8,10H,4,9H2,1-3H3,(H,16,19)(H,17,22)(H,20,21). The smallest absolute Gasteiger partial charge is 0.321 e. The summed E-state index contributed by atoms with van der Waals surface area (Å²) in [5, 5.41) is 14.2. The third-order valence-corrected chi connectivity index (χ3v) is 3.06. The van der Waals surface area contributed by atoms with Crippen molar-refractivity contribution in [3.8, 4) is 0 Å². The normalized spacial score (nSPS) is 11.4. The molecule has 0 saturated carbocycles. The summed E-state index contributed by atoms with van der Waals surface area (Å²) < 4.78 is 0. The maximum Gasteiger partial charge on any atom is 0.321 e. The molecule has 7 heteroatoms. The number of benzene rings is 1. The molecule has 3 amide bonds. The Balaban J connectivity index is 2.57. The molecule has 0 aromatic heterocycles. The van der Waals surface area contributed by atoms with Crippen molar-refractivity contribution in [2.45, 2.75) is 20.3 Å². The number of carbonyl (C=O) groups is 3. The lowest BCUT2D eigenvalue weighted by molar-refractivity contribution is -0.141. The van der Waals surface area contributed by atoms with Crippen molar-refractivity contribution in [2.24, 2.45) is 5.92 Å². The van der Waals surface area contributed by atoms with E-state index in [1.807, 2.05) is 0 Å². The van der Waals surface area contributed by atoms with Crippen molar-refractivity contribution in [3.63, 3.8) is 0 Å². The van der Waals surface area contributed by atoms with Gasteiger partial charge in [-0.2, -0.15) is 0 Å². The Kier molecular flexibility index (Phi) is 6.37. The van der Waals surface area contributed by atoms with Crippen LogP contribution in [0.2, 0.25) is 0 Å². The second-order valence-electron chi connectivity index (χ2n) is 5.03. The molecule has 0 saturated heterocycles. The molecule has 0 heterocycles. The van der Waals surface area contributed by atoms with Crippen molar-refractivity contribution >= 4 is 29.3 Å². The van der Waals surface area contributed by atoms with Gasteiger partial charge in [-0.25, -0.2) is 4.79 Å². The Morgan fingerprint density at radius 1 is 1.14 bits per heavy atom. The molecule has 3 N–H and O–H groups in total. The van der Waals surface area contributed by atoms with E-state index in [0.29, 0.717) is 17.8 Å². The lowest BCUT2D eigenvalue weighted by atomic mass is 10.2. The van der Waals surface area contributed by atoms with Crippen LogP contribution in [0.3, 0.4) is 0 Å². The van der Waals surface area contributed by atoms with Gasteiger partial charge in [-0.3, -0.25) is 9.59 Å². The highest BCUT2D eigenvalue weighted by atomic mass is 16.4. The van der Waals surface area contributed by atoms with Crippen LogP contribution < -0.4 is 10.6 Å². The molecule has 22 heavy (non-hydrogen) atoms. The molecule has 0 spiro atoms. The average Bonchev–Trinajstić information content (AvgIpc) is 2.48. The summed E-state index contributed by atoms with van der Waals surface area (Å²) in [6.45, 7) is 3.42. The summed E-state index contributed by atoms with van der Waals surface area (Å²) in [4.78, 5) is 35.3. The van der Waals surface area contributed by atoms with Gasteiger partial charge < -0.3 is 20.6 Å². The first-order valence-corrected chi connectivity index (χ1v) is 6.98. The van der Waals surface area contributed by atoms with Gasteiger partial charge in [0, 0.05) is 31.4 Å². The summed E-state index contributed by atoms with van der Waals surface area (Å²) >= 11 is 0. The van der Waals surface area contributed by atoms with Crippen LogP contribution in [0, 0.1) is 5.92 Å². The zero-order valence-electron chi connectivity index (χ0n) is 12.9. The largest absolute Gasteiger partial charge is 0.481 e. The third-order valence-electron chi connectivity index (χ3n) is 3.06. The van der Waals surface area contributed by atoms with Gasteiger partial charge in [-0.05, 0) is 24.3 Å². The molecule has 0 fully saturated rings. The first kappa shape index (κ1) is 17.5. The fraction of sp³-hybridized carbons (Fsp3) is 0.400. The molecule has 120 valence electrons. The molecule has 0 bridgehead atoms. The van der Waals surface area contributed by atoms with E-state index < -0.39 is 17.9 Å². The molecule has 0 radical (unpaired) electrons.